The molecule has 0 radical (unpaired) electrons. The normalized spacial score (nSPS) is 12.1. The van der Waals surface area contributed by atoms with Gasteiger partial charge in [-0.2, -0.15) is 0 Å². The van der Waals surface area contributed by atoms with Gasteiger partial charge < -0.3 is 5.11 Å². The van der Waals surface area contributed by atoms with Crippen molar-refractivity contribution < 1.29 is 9.90 Å². The van der Waals surface area contributed by atoms with Crippen molar-refractivity contribution in [2.24, 2.45) is 0 Å². The molecule has 114 valence electrons. The molecule has 3 aromatic rings. The minimum Gasteiger partial charge on any atom is -0.512 e. The molecule has 0 aliphatic carbocycles. The van der Waals surface area contributed by atoms with Crippen molar-refractivity contribution in [1.29, 1.82) is 0 Å². The maximum absolute atomic E-state index is 12.0. The molecule has 1 N–H and O–H groups in total. The van der Waals surface area contributed by atoms with Gasteiger partial charge in [0.2, 0.25) is 0 Å². The van der Waals surface area contributed by atoms with Gasteiger partial charge in [0, 0.05) is 0 Å². The highest BCUT2D eigenvalue weighted by Gasteiger charge is 2.16. The van der Waals surface area contributed by atoms with E-state index in [0.29, 0.717) is 5.57 Å². The molecule has 3 rings (SSSR count). The molecule has 2 nitrogen and oxygen atoms in total. The largest absolute Gasteiger partial charge is 0.512 e. The number of rotatable bonds is 3. The summed E-state index contributed by atoms with van der Waals surface area (Å²) in [5.74, 6) is -0.0854. The van der Waals surface area contributed by atoms with Gasteiger partial charge in [0.1, 0.15) is 5.76 Å². The molecule has 3 aromatic carbocycles. The average molecular weight is 302 g/mol. The van der Waals surface area contributed by atoms with Crippen molar-refractivity contribution in [3.63, 3.8) is 0 Å². The predicted octanol–water partition coefficient (Wildman–Crippen LogP) is 5.38. The highest BCUT2D eigenvalue weighted by atomic mass is 16.3. The highest BCUT2D eigenvalue weighted by Crippen LogP contribution is 2.34. The second kappa shape index (κ2) is 6.09. The van der Waals surface area contributed by atoms with E-state index in [9.17, 15) is 9.90 Å². The summed E-state index contributed by atoms with van der Waals surface area (Å²) >= 11 is 0. The molecule has 0 aliphatic heterocycles. The predicted molar refractivity (Wildman–Crippen MR) is 95.3 cm³/mol. The Morgan fingerprint density at radius 2 is 1.39 bits per heavy atom. The van der Waals surface area contributed by atoms with E-state index in [0.717, 1.165) is 27.5 Å². The smallest absolute Gasteiger partial charge is 0.163 e. The zero-order chi connectivity index (χ0) is 16.4. The molecule has 0 spiro atoms. The molecule has 0 aromatic heterocycles. The van der Waals surface area contributed by atoms with Gasteiger partial charge in [-0.3, -0.25) is 4.79 Å². The zero-order valence-corrected chi connectivity index (χ0v) is 13.2. The first kappa shape index (κ1) is 15.0. The monoisotopic (exact) mass is 302 g/mol. The van der Waals surface area contributed by atoms with E-state index >= 15 is 0 Å². The van der Waals surface area contributed by atoms with Gasteiger partial charge in [-0.05, 0) is 41.3 Å². The summed E-state index contributed by atoms with van der Waals surface area (Å²) in [6.45, 7) is 3.03. The third-order valence-corrected chi connectivity index (χ3v) is 3.99. The van der Waals surface area contributed by atoms with E-state index in [1.54, 1.807) is 6.92 Å². The Morgan fingerprint density at radius 3 is 2.00 bits per heavy atom. The van der Waals surface area contributed by atoms with Crippen molar-refractivity contribution in [3.8, 4) is 11.1 Å². The molecule has 0 amide bonds. The maximum atomic E-state index is 12.0. The lowest BCUT2D eigenvalue weighted by atomic mass is 9.90. The van der Waals surface area contributed by atoms with Crippen LogP contribution in [0.4, 0.5) is 0 Å². The Hall–Kier alpha value is -2.87. The molecule has 23 heavy (non-hydrogen) atoms. The highest BCUT2D eigenvalue weighted by molar-refractivity contribution is 6.23. The van der Waals surface area contributed by atoms with Crippen LogP contribution in [-0.2, 0) is 4.79 Å². The van der Waals surface area contributed by atoms with Crippen molar-refractivity contribution in [3.05, 3.63) is 78.1 Å². The lowest BCUT2D eigenvalue weighted by Gasteiger charge is -2.13. The van der Waals surface area contributed by atoms with Crippen LogP contribution in [0.15, 0.2) is 72.5 Å². The Bertz CT molecular complexity index is 902. The van der Waals surface area contributed by atoms with Crippen LogP contribution in [0.3, 0.4) is 0 Å². The molecule has 0 heterocycles. The fraction of sp³-hybridized carbons (Fsp3) is 0.0952. The Labute approximate surface area is 135 Å². The van der Waals surface area contributed by atoms with Gasteiger partial charge in [0.05, 0.1) is 5.57 Å². The van der Waals surface area contributed by atoms with Crippen LogP contribution < -0.4 is 0 Å². The first-order chi connectivity index (χ1) is 11.1. The zero-order valence-electron chi connectivity index (χ0n) is 13.2. The van der Waals surface area contributed by atoms with Gasteiger partial charge in [-0.15, -0.1) is 0 Å². The standard InChI is InChI=1S/C21H18O2/c1-14(22)21(15(2)23)20-13-12-17(16-8-4-3-5-9-16)18-10-6-7-11-19(18)20/h3-13,22H,1-2H3. The molecular weight excluding hydrogens is 284 g/mol. The van der Waals surface area contributed by atoms with Gasteiger partial charge in [-0.1, -0.05) is 66.7 Å². The van der Waals surface area contributed by atoms with E-state index in [4.69, 9.17) is 0 Å². The minimum absolute atomic E-state index is 0.0510. The number of allylic oxidation sites excluding steroid dienone is 2. The molecule has 0 atom stereocenters. The number of carbonyl (C=O) groups is 1. The maximum Gasteiger partial charge on any atom is 0.163 e. The van der Waals surface area contributed by atoms with Crippen molar-refractivity contribution in [2.45, 2.75) is 13.8 Å². The third-order valence-electron chi connectivity index (χ3n) is 3.99. The second-order valence-electron chi connectivity index (χ2n) is 5.59. The number of aliphatic hydroxyl groups excluding tert-OH is 1. The Morgan fingerprint density at radius 1 is 0.783 bits per heavy atom. The molecule has 0 aliphatic rings. The van der Waals surface area contributed by atoms with E-state index in [1.807, 2.05) is 54.6 Å². The van der Waals surface area contributed by atoms with Crippen LogP contribution in [0.25, 0.3) is 27.5 Å². The quantitative estimate of drug-likeness (QED) is 0.520. The molecule has 0 saturated heterocycles. The molecule has 0 fully saturated rings. The van der Waals surface area contributed by atoms with E-state index in [1.165, 1.54) is 6.92 Å². The van der Waals surface area contributed by atoms with Gasteiger partial charge in [-0.25, -0.2) is 0 Å². The van der Waals surface area contributed by atoms with Crippen molar-refractivity contribution >= 4 is 22.1 Å². The van der Waals surface area contributed by atoms with E-state index in [2.05, 4.69) is 12.1 Å². The number of hydrogen-bond donors (Lipinski definition) is 1. The summed E-state index contributed by atoms with van der Waals surface area (Å²) in [6, 6.07) is 22.1. The summed E-state index contributed by atoms with van der Waals surface area (Å²) in [7, 11) is 0. The van der Waals surface area contributed by atoms with Crippen LogP contribution in [0.5, 0.6) is 0 Å². The fourth-order valence-corrected chi connectivity index (χ4v) is 3.03. The van der Waals surface area contributed by atoms with E-state index in [-0.39, 0.29) is 11.5 Å². The SMILES string of the molecule is CC(=O)C(=C(C)O)c1ccc(-c2ccccc2)c2ccccc12. The van der Waals surface area contributed by atoms with Gasteiger partial charge >= 0.3 is 0 Å². The van der Waals surface area contributed by atoms with E-state index < -0.39 is 0 Å². The Balaban J connectivity index is 2.34. The number of hydrogen-bond acceptors (Lipinski definition) is 2. The third kappa shape index (κ3) is 2.76. The van der Waals surface area contributed by atoms with Gasteiger partial charge in [0.15, 0.2) is 5.78 Å². The number of benzene rings is 3. The molecule has 0 bridgehead atoms. The van der Waals surface area contributed by atoms with Crippen LogP contribution in [0.1, 0.15) is 19.4 Å². The number of carbonyl (C=O) groups excluding carboxylic acids is 1. The van der Waals surface area contributed by atoms with Crippen LogP contribution in [-0.4, -0.2) is 10.9 Å². The van der Waals surface area contributed by atoms with Gasteiger partial charge in [0.25, 0.3) is 0 Å². The summed E-state index contributed by atoms with van der Waals surface area (Å²) in [5, 5.41) is 12.0. The molecular formula is C21H18O2. The number of aliphatic hydroxyl groups is 1. The summed E-state index contributed by atoms with van der Waals surface area (Å²) in [6.07, 6.45) is 0. The first-order valence-corrected chi connectivity index (χ1v) is 7.58. The molecule has 0 unspecified atom stereocenters. The lowest BCUT2D eigenvalue weighted by molar-refractivity contribution is -0.111. The number of Topliss-reactive ketones (excluding diaryl/α,β-unsaturated/α-hetero) is 1. The van der Waals surface area contributed by atoms with Crippen LogP contribution in [0.2, 0.25) is 0 Å². The lowest BCUT2D eigenvalue weighted by Crippen LogP contribution is -2.00. The van der Waals surface area contributed by atoms with Crippen LogP contribution >= 0.6 is 0 Å². The minimum atomic E-state index is -0.136. The molecule has 0 saturated carbocycles. The second-order valence-corrected chi connectivity index (χ2v) is 5.59. The van der Waals surface area contributed by atoms with Crippen LogP contribution in [0, 0.1) is 0 Å². The average Bonchev–Trinajstić information content (AvgIpc) is 2.55. The number of fused-ring (bicyclic) bond motifs is 1. The topological polar surface area (TPSA) is 37.3 Å². The Kier molecular flexibility index (Phi) is 3.98. The summed E-state index contributed by atoms with van der Waals surface area (Å²) < 4.78 is 0. The summed E-state index contributed by atoms with van der Waals surface area (Å²) in [5.41, 5.74) is 3.39. The molecule has 2 heteroatoms. The summed E-state index contributed by atoms with van der Waals surface area (Å²) in [4.78, 5) is 12.0. The van der Waals surface area contributed by atoms with Crippen molar-refractivity contribution in [1.82, 2.24) is 0 Å². The fourth-order valence-electron chi connectivity index (χ4n) is 3.03. The first-order valence-electron chi connectivity index (χ1n) is 7.58. The van der Waals surface area contributed by atoms with Crippen molar-refractivity contribution in [2.75, 3.05) is 0 Å². The number of ketones is 1.